The van der Waals surface area contributed by atoms with E-state index in [-0.39, 0.29) is 0 Å². The fraction of sp³-hybridized carbons (Fsp3) is 0.211. The first-order valence-electron chi connectivity index (χ1n) is 7.94. The highest BCUT2D eigenvalue weighted by atomic mass is 32.1. The van der Waals surface area contributed by atoms with Gasteiger partial charge in [-0.2, -0.15) is 11.3 Å². The van der Waals surface area contributed by atoms with Crippen LogP contribution in [0.4, 0.5) is 0 Å². The molecule has 0 atom stereocenters. The van der Waals surface area contributed by atoms with Gasteiger partial charge in [0.2, 0.25) is 0 Å². The van der Waals surface area contributed by atoms with Crippen molar-refractivity contribution in [3.63, 3.8) is 0 Å². The SMILES string of the molecule is C1=CCN(Cc2nc3c(C=Cc4ccsc4)cccc3[nH]2)CC1. The third kappa shape index (κ3) is 3.28. The van der Waals surface area contributed by atoms with Crippen LogP contribution < -0.4 is 0 Å². The van der Waals surface area contributed by atoms with E-state index in [1.165, 1.54) is 5.56 Å². The van der Waals surface area contributed by atoms with Crippen LogP contribution in [0.2, 0.25) is 0 Å². The number of nitrogens with zero attached hydrogens (tertiary/aromatic N) is 2. The molecule has 3 heterocycles. The maximum Gasteiger partial charge on any atom is 0.121 e. The van der Waals surface area contributed by atoms with E-state index in [0.717, 1.165) is 48.5 Å². The molecule has 0 radical (unpaired) electrons. The minimum atomic E-state index is 0.882. The van der Waals surface area contributed by atoms with E-state index in [0.29, 0.717) is 0 Å². The van der Waals surface area contributed by atoms with Crippen molar-refractivity contribution in [1.29, 1.82) is 0 Å². The van der Waals surface area contributed by atoms with Crippen molar-refractivity contribution in [3.05, 3.63) is 64.1 Å². The van der Waals surface area contributed by atoms with Crippen molar-refractivity contribution in [2.24, 2.45) is 0 Å². The van der Waals surface area contributed by atoms with Crippen LogP contribution in [0.15, 0.2) is 47.2 Å². The summed E-state index contributed by atoms with van der Waals surface area (Å²) in [5.41, 5.74) is 4.57. The van der Waals surface area contributed by atoms with Gasteiger partial charge in [0.15, 0.2) is 0 Å². The number of rotatable bonds is 4. The molecule has 0 unspecified atom stereocenters. The van der Waals surface area contributed by atoms with Crippen molar-refractivity contribution in [3.8, 4) is 0 Å². The first kappa shape index (κ1) is 14.4. The van der Waals surface area contributed by atoms with Crippen molar-refractivity contribution in [2.45, 2.75) is 13.0 Å². The summed E-state index contributed by atoms with van der Waals surface area (Å²) >= 11 is 1.72. The van der Waals surface area contributed by atoms with Crippen molar-refractivity contribution >= 4 is 34.5 Å². The first-order chi connectivity index (χ1) is 11.4. The summed E-state index contributed by atoms with van der Waals surface area (Å²) in [7, 11) is 0. The molecule has 116 valence electrons. The Kier molecular flexibility index (Phi) is 4.09. The molecular weight excluding hydrogens is 302 g/mol. The second kappa shape index (κ2) is 6.52. The number of aromatic nitrogens is 2. The van der Waals surface area contributed by atoms with Gasteiger partial charge < -0.3 is 4.98 Å². The number of hydrogen-bond acceptors (Lipinski definition) is 3. The third-order valence-electron chi connectivity index (χ3n) is 4.11. The van der Waals surface area contributed by atoms with E-state index >= 15 is 0 Å². The average Bonchev–Trinajstić information content (AvgIpc) is 3.23. The molecule has 23 heavy (non-hydrogen) atoms. The Morgan fingerprint density at radius 1 is 1.22 bits per heavy atom. The lowest BCUT2D eigenvalue weighted by Gasteiger charge is -2.21. The largest absolute Gasteiger partial charge is 0.341 e. The summed E-state index contributed by atoms with van der Waals surface area (Å²) in [5.74, 6) is 1.05. The number of nitrogens with one attached hydrogen (secondary N) is 1. The molecule has 0 saturated carbocycles. The van der Waals surface area contributed by atoms with Gasteiger partial charge in [-0.25, -0.2) is 4.98 Å². The summed E-state index contributed by atoms with van der Waals surface area (Å²) < 4.78 is 0. The van der Waals surface area contributed by atoms with Gasteiger partial charge in [-0.15, -0.1) is 0 Å². The highest BCUT2D eigenvalue weighted by molar-refractivity contribution is 7.08. The van der Waals surface area contributed by atoms with E-state index in [1.807, 2.05) is 0 Å². The normalized spacial score (nSPS) is 15.8. The number of imidazole rings is 1. The monoisotopic (exact) mass is 321 g/mol. The van der Waals surface area contributed by atoms with Crippen LogP contribution >= 0.6 is 11.3 Å². The molecule has 2 aromatic heterocycles. The predicted octanol–water partition coefficient (Wildman–Crippen LogP) is 4.56. The average molecular weight is 321 g/mol. The third-order valence-corrected chi connectivity index (χ3v) is 4.81. The molecule has 0 fully saturated rings. The molecule has 3 nitrogen and oxygen atoms in total. The second-order valence-electron chi connectivity index (χ2n) is 5.81. The highest BCUT2D eigenvalue weighted by Crippen LogP contribution is 2.20. The van der Waals surface area contributed by atoms with Crippen molar-refractivity contribution in [2.75, 3.05) is 13.1 Å². The zero-order valence-corrected chi connectivity index (χ0v) is 13.7. The number of para-hydroxylation sites is 1. The number of aromatic amines is 1. The number of H-pyrrole nitrogens is 1. The van der Waals surface area contributed by atoms with Gasteiger partial charge in [-0.05, 0) is 34.9 Å². The molecular formula is C19H19N3S. The van der Waals surface area contributed by atoms with E-state index in [9.17, 15) is 0 Å². The topological polar surface area (TPSA) is 31.9 Å². The molecule has 0 amide bonds. The Morgan fingerprint density at radius 2 is 2.22 bits per heavy atom. The van der Waals surface area contributed by atoms with Gasteiger partial charge in [0.25, 0.3) is 0 Å². The standard InChI is InChI=1S/C19H19N3S/c1-2-10-22(11-3-1)13-18-20-17-6-4-5-16(19(17)21-18)8-7-15-9-12-23-14-15/h1-2,4-9,12,14H,3,10-11,13H2,(H,20,21). The zero-order valence-electron chi connectivity index (χ0n) is 12.9. The Bertz CT molecular complexity index is 843. The van der Waals surface area contributed by atoms with Gasteiger partial charge in [0, 0.05) is 18.7 Å². The zero-order chi connectivity index (χ0) is 15.5. The van der Waals surface area contributed by atoms with Crippen LogP contribution in [0.3, 0.4) is 0 Å². The Balaban J connectivity index is 1.60. The number of fused-ring (bicyclic) bond motifs is 1. The molecule has 1 aliphatic heterocycles. The summed E-state index contributed by atoms with van der Waals surface area (Å²) in [4.78, 5) is 10.7. The first-order valence-corrected chi connectivity index (χ1v) is 8.88. The Hall–Kier alpha value is -2.17. The molecule has 0 bridgehead atoms. The van der Waals surface area contributed by atoms with Crippen LogP contribution in [0.1, 0.15) is 23.4 Å². The lowest BCUT2D eigenvalue weighted by Crippen LogP contribution is -2.27. The van der Waals surface area contributed by atoms with Crippen molar-refractivity contribution < 1.29 is 0 Å². The molecule has 1 aromatic carbocycles. The predicted molar refractivity (Wildman–Crippen MR) is 98.4 cm³/mol. The Morgan fingerprint density at radius 3 is 3.04 bits per heavy atom. The molecule has 0 saturated heterocycles. The lowest BCUT2D eigenvalue weighted by atomic mass is 10.1. The molecule has 4 heteroatoms. The minimum Gasteiger partial charge on any atom is -0.341 e. The van der Waals surface area contributed by atoms with Gasteiger partial charge >= 0.3 is 0 Å². The Labute approximate surface area is 140 Å². The molecule has 4 rings (SSSR count). The van der Waals surface area contributed by atoms with Gasteiger partial charge in [-0.1, -0.05) is 36.4 Å². The number of benzene rings is 1. The summed E-state index contributed by atoms with van der Waals surface area (Å²) in [6.45, 7) is 3.01. The van der Waals surface area contributed by atoms with E-state index < -0.39 is 0 Å². The molecule has 1 N–H and O–H groups in total. The maximum atomic E-state index is 4.84. The van der Waals surface area contributed by atoms with Crippen LogP contribution in [0.5, 0.6) is 0 Å². The van der Waals surface area contributed by atoms with Gasteiger partial charge in [0.05, 0.1) is 17.6 Å². The smallest absolute Gasteiger partial charge is 0.121 e. The van der Waals surface area contributed by atoms with Gasteiger partial charge in [-0.3, -0.25) is 4.90 Å². The summed E-state index contributed by atoms with van der Waals surface area (Å²) in [6.07, 6.45) is 9.92. The second-order valence-corrected chi connectivity index (χ2v) is 6.59. The van der Waals surface area contributed by atoms with Crippen LogP contribution in [0, 0.1) is 0 Å². The van der Waals surface area contributed by atoms with Crippen LogP contribution in [-0.4, -0.2) is 28.0 Å². The van der Waals surface area contributed by atoms with E-state index in [2.05, 4.69) is 69.2 Å². The highest BCUT2D eigenvalue weighted by Gasteiger charge is 2.11. The number of thiophene rings is 1. The summed E-state index contributed by atoms with van der Waals surface area (Å²) in [6, 6.07) is 8.44. The van der Waals surface area contributed by atoms with Crippen LogP contribution in [-0.2, 0) is 6.54 Å². The van der Waals surface area contributed by atoms with Gasteiger partial charge in [0.1, 0.15) is 5.82 Å². The maximum absolute atomic E-state index is 4.84. The molecule has 1 aliphatic rings. The van der Waals surface area contributed by atoms with E-state index in [4.69, 9.17) is 4.98 Å². The summed E-state index contributed by atoms with van der Waals surface area (Å²) in [5, 5.41) is 4.25. The molecule has 3 aromatic rings. The molecule has 0 aliphatic carbocycles. The van der Waals surface area contributed by atoms with E-state index in [1.54, 1.807) is 11.3 Å². The van der Waals surface area contributed by atoms with Crippen LogP contribution in [0.25, 0.3) is 23.2 Å². The quantitative estimate of drug-likeness (QED) is 0.715. The fourth-order valence-electron chi connectivity index (χ4n) is 2.92. The lowest BCUT2D eigenvalue weighted by molar-refractivity contribution is 0.284. The fourth-order valence-corrected chi connectivity index (χ4v) is 3.54. The molecule has 0 spiro atoms. The van der Waals surface area contributed by atoms with Crippen molar-refractivity contribution in [1.82, 2.24) is 14.9 Å². The number of hydrogen-bond donors (Lipinski definition) is 1. The minimum absolute atomic E-state index is 0.882.